The summed E-state index contributed by atoms with van der Waals surface area (Å²) in [7, 11) is -1.45. The molecule has 0 aromatic heterocycles. The first kappa shape index (κ1) is 35.2. The smallest absolute Gasteiger partial charge is 0.329 e. The molecule has 1 aliphatic heterocycles. The molecule has 44 heavy (non-hydrogen) atoms. The lowest BCUT2D eigenvalue weighted by molar-refractivity contribution is -0.290. The average molecular weight is 624 g/mol. The highest BCUT2D eigenvalue weighted by atomic mass is 28.3. The zero-order valence-corrected chi connectivity index (χ0v) is 28.5. The van der Waals surface area contributed by atoms with Gasteiger partial charge < -0.3 is 23.8 Å². The normalized spacial score (nSPS) is 19.3. The van der Waals surface area contributed by atoms with Crippen LogP contribution in [0, 0.1) is 0 Å². The third-order valence-corrected chi connectivity index (χ3v) is 8.59. The molecule has 2 aromatic carbocycles. The van der Waals surface area contributed by atoms with E-state index in [-0.39, 0.29) is 24.7 Å². The number of rotatable bonds is 12. The van der Waals surface area contributed by atoms with E-state index in [0.717, 1.165) is 11.6 Å². The molecule has 3 rings (SSSR count). The molecule has 8 nitrogen and oxygen atoms in total. The highest BCUT2D eigenvalue weighted by molar-refractivity contribution is 6.76. The van der Waals surface area contributed by atoms with E-state index in [1.165, 1.54) is 4.90 Å². The van der Waals surface area contributed by atoms with Gasteiger partial charge in [0.05, 0.1) is 25.2 Å². The molecule has 0 bridgehead atoms. The van der Waals surface area contributed by atoms with E-state index < -0.39 is 43.7 Å². The van der Waals surface area contributed by atoms with Crippen LogP contribution in [0.25, 0.3) is 0 Å². The van der Waals surface area contributed by atoms with Crippen molar-refractivity contribution in [2.24, 2.45) is 0 Å². The fourth-order valence-corrected chi connectivity index (χ4v) is 5.59. The minimum atomic E-state index is -1.45. The molecule has 0 saturated carbocycles. The van der Waals surface area contributed by atoms with Gasteiger partial charge in [0.2, 0.25) is 0 Å². The Morgan fingerprint density at radius 2 is 1.61 bits per heavy atom. The van der Waals surface area contributed by atoms with E-state index >= 15 is 0 Å². The van der Waals surface area contributed by atoms with E-state index in [4.69, 9.17) is 18.9 Å². The van der Waals surface area contributed by atoms with Crippen LogP contribution in [0.2, 0.25) is 25.7 Å². The molecule has 240 valence electrons. The highest BCUT2D eigenvalue weighted by Crippen LogP contribution is 2.30. The van der Waals surface area contributed by atoms with Crippen molar-refractivity contribution in [3.8, 4) is 0 Å². The van der Waals surface area contributed by atoms with Gasteiger partial charge in [-0.25, -0.2) is 4.79 Å². The molecule has 1 amide bonds. The van der Waals surface area contributed by atoms with E-state index in [0.29, 0.717) is 18.6 Å². The van der Waals surface area contributed by atoms with Gasteiger partial charge in [-0.05, 0) is 64.4 Å². The molecule has 1 heterocycles. The molecule has 1 fully saturated rings. The Balaban J connectivity index is 1.93. The van der Waals surface area contributed by atoms with E-state index in [1.807, 2.05) is 57.2 Å². The zero-order valence-electron chi connectivity index (χ0n) is 27.5. The van der Waals surface area contributed by atoms with Crippen LogP contribution in [0.1, 0.15) is 63.4 Å². The van der Waals surface area contributed by atoms with Gasteiger partial charge in [0, 0.05) is 32.7 Å². The van der Waals surface area contributed by atoms with Gasteiger partial charge in [0.1, 0.15) is 11.6 Å². The van der Waals surface area contributed by atoms with Crippen molar-refractivity contribution in [3.05, 3.63) is 84.1 Å². The molecule has 0 N–H and O–H groups in total. The maximum atomic E-state index is 14.0. The van der Waals surface area contributed by atoms with E-state index in [9.17, 15) is 14.4 Å². The van der Waals surface area contributed by atoms with Crippen molar-refractivity contribution < 1.29 is 33.3 Å². The molecular formula is C35H49NO7Si. The maximum absolute atomic E-state index is 14.0. The molecule has 1 unspecified atom stereocenters. The lowest BCUT2D eigenvalue weighted by atomic mass is 10.0. The molecule has 2 aromatic rings. The summed E-state index contributed by atoms with van der Waals surface area (Å²) >= 11 is 0. The number of hydrogen-bond donors (Lipinski definition) is 0. The van der Waals surface area contributed by atoms with Crippen LogP contribution in [0.4, 0.5) is 0 Å². The number of carbonyl (C=O) groups excluding carboxylic acids is 3. The van der Waals surface area contributed by atoms with Crippen molar-refractivity contribution in [2.45, 2.75) is 109 Å². The molecule has 3 atom stereocenters. The molecule has 1 aliphatic rings. The summed E-state index contributed by atoms with van der Waals surface area (Å²) in [5.74, 6) is -2.13. The lowest BCUT2D eigenvalue weighted by Gasteiger charge is -2.40. The molecular weight excluding hydrogens is 574 g/mol. The standard InChI is InChI=1S/C35H49NO7Si/c1-34(2,3)43-31(37)25-29-24-28(41-35(4,5)42-29)19-20-36(32(38)27-17-13-10-14-18-27)30(23-26-15-11-9-12-16-26)33(39)40-21-22-44(6,7)8/h9-20,28-30H,21-25H2,1-8H3/b20-19+/t28-,29-,30?/m1/s1. The summed E-state index contributed by atoms with van der Waals surface area (Å²) in [6, 6.07) is 18.4. The Hall–Kier alpha value is -3.27. The van der Waals surface area contributed by atoms with Crippen molar-refractivity contribution >= 4 is 25.9 Å². The summed E-state index contributed by atoms with van der Waals surface area (Å²) in [5.41, 5.74) is 0.744. The third-order valence-electron chi connectivity index (χ3n) is 6.89. The lowest BCUT2D eigenvalue weighted by Crippen LogP contribution is -2.46. The number of ether oxygens (including phenoxy) is 4. The van der Waals surface area contributed by atoms with Crippen LogP contribution in [0.3, 0.4) is 0 Å². The minimum Gasteiger partial charge on any atom is -0.464 e. The molecule has 0 spiro atoms. The summed E-state index contributed by atoms with van der Waals surface area (Å²) in [5, 5.41) is 0. The fourth-order valence-electron chi connectivity index (χ4n) is 4.88. The Kier molecular flexibility index (Phi) is 12.1. The second kappa shape index (κ2) is 15.1. The molecule has 0 radical (unpaired) electrons. The van der Waals surface area contributed by atoms with Crippen molar-refractivity contribution in [1.29, 1.82) is 0 Å². The van der Waals surface area contributed by atoms with E-state index in [2.05, 4.69) is 19.6 Å². The predicted octanol–water partition coefficient (Wildman–Crippen LogP) is 6.78. The summed E-state index contributed by atoms with van der Waals surface area (Å²) < 4.78 is 23.5. The van der Waals surface area contributed by atoms with Crippen LogP contribution in [0.15, 0.2) is 72.9 Å². The van der Waals surface area contributed by atoms with Crippen molar-refractivity contribution in [3.63, 3.8) is 0 Å². The maximum Gasteiger partial charge on any atom is 0.329 e. The van der Waals surface area contributed by atoms with Gasteiger partial charge in [-0.15, -0.1) is 0 Å². The number of carbonyl (C=O) groups is 3. The fraction of sp³-hybridized carbons (Fsp3) is 0.514. The first-order valence-corrected chi connectivity index (χ1v) is 19.1. The van der Waals surface area contributed by atoms with Crippen molar-refractivity contribution in [1.82, 2.24) is 4.90 Å². The van der Waals surface area contributed by atoms with Crippen LogP contribution >= 0.6 is 0 Å². The number of benzene rings is 2. The van der Waals surface area contributed by atoms with Crippen LogP contribution < -0.4 is 0 Å². The average Bonchev–Trinajstić information content (AvgIpc) is 2.90. The number of esters is 2. The minimum absolute atomic E-state index is 0.0705. The first-order valence-electron chi connectivity index (χ1n) is 15.4. The van der Waals surface area contributed by atoms with Crippen LogP contribution in [-0.4, -0.2) is 67.1 Å². The Labute approximate surface area is 263 Å². The second-order valence-electron chi connectivity index (χ2n) is 13.9. The molecule has 1 saturated heterocycles. The summed E-state index contributed by atoms with van der Waals surface area (Å²) in [6.07, 6.45) is 3.17. The monoisotopic (exact) mass is 623 g/mol. The van der Waals surface area contributed by atoms with Gasteiger partial charge in [-0.3, -0.25) is 9.59 Å². The van der Waals surface area contributed by atoms with Crippen LogP contribution in [0.5, 0.6) is 0 Å². The summed E-state index contributed by atoms with van der Waals surface area (Å²) in [6.45, 7) is 16.0. The molecule has 9 heteroatoms. The number of amides is 1. The number of hydrogen-bond acceptors (Lipinski definition) is 7. The van der Waals surface area contributed by atoms with E-state index in [1.54, 1.807) is 50.4 Å². The predicted molar refractivity (Wildman–Crippen MR) is 174 cm³/mol. The SMILES string of the molecule is CC(C)(C)OC(=O)C[C@H]1C[C@@H](/C=C/N(C(=O)c2ccccc2)C(Cc2ccccc2)C(=O)OCC[Si](C)(C)C)OC(C)(C)O1. The second-order valence-corrected chi connectivity index (χ2v) is 19.5. The quantitative estimate of drug-likeness (QED) is 0.190. The Morgan fingerprint density at radius 1 is 1.00 bits per heavy atom. The summed E-state index contributed by atoms with van der Waals surface area (Å²) in [4.78, 5) is 41.8. The molecule has 0 aliphatic carbocycles. The van der Waals surface area contributed by atoms with Gasteiger partial charge in [-0.1, -0.05) is 68.2 Å². The Morgan fingerprint density at radius 3 is 2.20 bits per heavy atom. The largest absolute Gasteiger partial charge is 0.464 e. The van der Waals surface area contributed by atoms with Crippen LogP contribution in [-0.2, 0) is 35.0 Å². The van der Waals surface area contributed by atoms with Gasteiger partial charge in [-0.2, -0.15) is 0 Å². The highest BCUT2D eigenvalue weighted by Gasteiger charge is 2.37. The van der Waals surface area contributed by atoms with Gasteiger partial charge in [0.15, 0.2) is 5.79 Å². The van der Waals surface area contributed by atoms with Gasteiger partial charge in [0.25, 0.3) is 5.91 Å². The van der Waals surface area contributed by atoms with Gasteiger partial charge >= 0.3 is 11.9 Å². The topological polar surface area (TPSA) is 91.4 Å². The Bertz CT molecular complexity index is 1270. The van der Waals surface area contributed by atoms with Crippen molar-refractivity contribution in [2.75, 3.05) is 6.61 Å². The zero-order chi connectivity index (χ0) is 32.5. The first-order chi connectivity index (χ1) is 20.5. The third kappa shape index (κ3) is 12.0. The number of nitrogens with zero attached hydrogens (tertiary/aromatic N) is 1.